The number of aromatic amines is 1. The highest BCUT2D eigenvalue weighted by Crippen LogP contribution is 2.32. The zero-order chi connectivity index (χ0) is 20.7. The average molecular weight is 394 g/mol. The summed E-state index contributed by atoms with van der Waals surface area (Å²) >= 11 is 0. The number of hydrogen-bond acceptors (Lipinski definition) is 4. The molecule has 0 spiro atoms. The number of amides is 1. The van der Waals surface area contributed by atoms with Gasteiger partial charge in [-0.3, -0.25) is 4.79 Å². The Bertz CT molecular complexity index is 1380. The van der Waals surface area contributed by atoms with E-state index in [-0.39, 0.29) is 0 Å². The maximum absolute atomic E-state index is 12.1. The van der Waals surface area contributed by atoms with Crippen molar-refractivity contribution in [2.75, 3.05) is 0 Å². The minimum Gasteiger partial charge on any atom is -0.366 e. The lowest BCUT2D eigenvalue weighted by Crippen LogP contribution is -2.14. The van der Waals surface area contributed by atoms with Crippen molar-refractivity contribution < 1.29 is 4.79 Å². The van der Waals surface area contributed by atoms with Crippen LogP contribution in [0, 0.1) is 6.92 Å². The Kier molecular flexibility index (Phi) is 4.14. The van der Waals surface area contributed by atoms with Crippen LogP contribution in [0.3, 0.4) is 0 Å². The zero-order valence-electron chi connectivity index (χ0n) is 16.2. The van der Waals surface area contributed by atoms with Crippen LogP contribution in [-0.4, -0.2) is 30.6 Å². The molecule has 0 radical (unpaired) electrons. The van der Waals surface area contributed by atoms with Crippen molar-refractivity contribution in [1.82, 2.24) is 24.7 Å². The molecule has 0 atom stereocenters. The van der Waals surface area contributed by atoms with Gasteiger partial charge in [-0.1, -0.05) is 30.3 Å². The summed E-state index contributed by atoms with van der Waals surface area (Å²) in [6, 6.07) is 15.3. The number of H-pyrrole nitrogens is 1. The average Bonchev–Trinajstić information content (AvgIpc) is 3.43. The first-order valence-corrected chi connectivity index (χ1v) is 9.46. The second-order valence-electron chi connectivity index (χ2n) is 7.00. The van der Waals surface area contributed by atoms with Gasteiger partial charge < -0.3 is 10.7 Å². The molecule has 0 aliphatic heterocycles. The fourth-order valence-corrected chi connectivity index (χ4v) is 3.81. The van der Waals surface area contributed by atoms with Gasteiger partial charge in [-0.05, 0) is 41.8 Å². The number of primary amides is 1. The second kappa shape index (κ2) is 6.97. The highest BCUT2D eigenvalue weighted by atomic mass is 16.1. The van der Waals surface area contributed by atoms with Crippen LogP contribution in [0.2, 0.25) is 0 Å². The van der Waals surface area contributed by atoms with E-state index in [1.807, 2.05) is 61.8 Å². The molecule has 0 aliphatic rings. The van der Waals surface area contributed by atoms with E-state index in [4.69, 9.17) is 5.73 Å². The van der Waals surface area contributed by atoms with Crippen LogP contribution >= 0.6 is 0 Å². The van der Waals surface area contributed by atoms with Crippen LogP contribution in [0.25, 0.3) is 39.1 Å². The summed E-state index contributed by atoms with van der Waals surface area (Å²) in [6.45, 7) is 1.97. The molecular weight excluding hydrogens is 376 g/mol. The number of fused-ring (bicyclic) bond motifs is 1. The van der Waals surface area contributed by atoms with E-state index < -0.39 is 5.91 Å². The molecule has 3 N–H and O–H groups in total. The van der Waals surface area contributed by atoms with Crippen molar-refractivity contribution in [1.29, 1.82) is 0 Å². The van der Waals surface area contributed by atoms with Gasteiger partial charge in [0.1, 0.15) is 12.0 Å². The second-order valence-corrected chi connectivity index (χ2v) is 7.00. The van der Waals surface area contributed by atoms with E-state index in [0.717, 1.165) is 44.7 Å². The summed E-state index contributed by atoms with van der Waals surface area (Å²) in [7, 11) is 0. The van der Waals surface area contributed by atoms with E-state index in [9.17, 15) is 4.79 Å². The van der Waals surface area contributed by atoms with Crippen LogP contribution < -0.4 is 5.73 Å². The Hall–Kier alpha value is -4.26. The van der Waals surface area contributed by atoms with Crippen molar-refractivity contribution in [2.45, 2.75) is 6.92 Å². The first-order valence-electron chi connectivity index (χ1n) is 9.46. The minimum atomic E-state index is -0.458. The van der Waals surface area contributed by atoms with Gasteiger partial charge in [-0.25, -0.2) is 14.6 Å². The fraction of sp³-hybridized carbons (Fsp3) is 0.0435. The van der Waals surface area contributed by atoms with Crippen molar-refractivity contribution in [3.05, 3.63) is 84.6 Å². The fourth-order valence-electron chi connectivity index (χ4n) is 3.81. The Morgan fingerprint density at radius 3 is 2.67 bits per heavy atom. The minimum absolute atomic E-state index is 0.458. The monoisotopic (exact) mass is 394 g/mol. The quantitative estimate of drug-likeness (QED) is 0.483. The smallest absolute Gasteiger partial charge is 0.249 e. The van der Waals surface area contributed by atoms with Crippen molar-refractivity contribution in [2.24, 2.45) is 5.73 Å². The van der Waals surface area contributed by atoms with Crippen LogP contribution in [-0.2, 0) is 0 Å². The molecule has 5 aromatic rings. The zero-order valence-corrected chi connectivity index (χ0v) is 16.2. The van der Waals surface area contributed by atoms with Gasteiger partial charge >= 0.3 is 0 Å². The van der Waals surface area contributed by atoms with E-state index in [2.05, 4.69) is 20.1 Å². The van der Waals surface area contributed by atoms with E-state index in [1.54, 1.807) is 16.9 Å². The normalized spacial score (nSPS) is 11.1. The van der Waals surface area contributed by atoms with Crippen molar-refractivity contribution >= 4 is 16.9 Å². The lowest BCUT2D eigenvalue weighted by atomic mass is 9.93. The molecule has 7 nitrogen and oxygen atoms in total. The topological polar surface area (TPSA) is 102 Å². The lowest BCUT2D eigenvalue weighted by molar-refractivity contribution is 0.100. The SMILES string of the molecule is Cc1c(-n2cc(-c3ncnc4[nH]ccc34)cn2)ccc(C(N)=O)c1-c1ccccc1. The largest absolute Gasteiger partial charge is 0.366 e. The summed E-state index contributed by atoms with van der Waals surface area (Å²) in [5.41, 5.74) is 12.1. The number of rotatable bonds is 4. The molecule has 0 bridgehead atoms. The predicted molar refractivity (Wildman–Crippen MR) is 115 cm³/mol. The third kappa shape index (κ3) is 2.84. The predicted octanol–water partition coefficient (Wildman–Crippen LogP) is 3.88. The first kappa shape index (κ1) is 17.8. The molecule has 3 heterocycles. The van der Waals surface area contributed by atoms with Crippen molar-refractivity contribution in [3.63, 3.8) is 0 Å². The molecule has 3 aromatic heterocycles. The molecular formula is C23H18N6O. The Morgan fingerprint density at radius 2 is 1.87 bits per heavy atom. The number of carbonyl (C=O) groups is 1. The molecule has 0 saturated carbocycles. The molecule has 7 heteroatoms. The summed E-state index contributed by atoms with van der Waals surface area (Å²) in [6.07, 6.45) is 7.08. The molecule has 0 saturated heterocycles. The maximum Gasteiger partial charge on any atom is 0.249 e. The van der Waals surface area contributed by atoms with Gasteiger partial charge in [0.15, 0.2) is 0 Å². The molecule has 30 heavy (non-hydrogen) atoms. The number of aromatic nitrogens is 5. The third-order valence-corrected chi connectivity index (χ3v) is 5.22. The van der Waals surface area contributed by atoms with Crippen LogP contribution in [0.5, 0.6) is 0 Å². The molecule has 0 fully saturated rings. The summed E-state index contributed by atoms with van der Waals surface area (Å²) in [5, 5.41) is 5.49. The van der Waals surface area contributed by atoms with E-state index in [1.165, 1.54) is 6.33 Å². The number of benzene rings is 2. The maximum atomic E-state index is 12.1. The number of carbonyl (C=O) groups excluding carboxylic acids is 1. The lowest BCUT2D eigenvalue weighted by Gasteiger charge is -2.15. The van der Waals surface area contributed by atoms with Crippen molar-refractivity contribution in [3.8, 4) is 28.1 Å². The summed E-state index contributed by atoms with van der Waals surface area (Å²) < 4.78 is 1.79. The Balaban J connectivity index is 1.66. The molecule has 5 rings (SSSR count). The molecule has 1 amide bonds. The first-order chi connectivity index (χ1) is 14.6. The van der Waals surface area contributed by atoms with Gasteiger partial charge in [-0.2, -0.15) is 5.10 Å². The highest BCUT2D eigenvalue weighted by molar-refractivity contribution is 6.01. The molecule has 0 unspecified atom stereocenters. The highest BCUT2D eigenvalue weighted by Gasteiger charge is 2.17. The van der Waals surface area contributed by atoms with Gasteiger partial charge in [0.25, 0.3) is 0 Å². The van der Waals surface area contributed by atoms with E-state index in [0.29, 0.717) is 5.56 Å². The number of hydrogen-bond donors (Lipinski definition) is 2. The number of nitrogens with one attached hydrogen (secondary N) is 1. The van der Waals surface area contributed by atoms with E-state index >= 15 is 0 Å². The van der Waals surface area contributed by atoms with Crippen LogP contribution in [0.1, 0.15) is 15.9 Å². The Labute approximate surface area is 172 Å². The standard InChI is InChI=1S/C23H18N6O/c1-14-19(8-7-17(22(24)30)20(14)15-5-3-2-4-6-15)29-12-16(11-28-29)21-18-9-10-25-23(18)27-13-26-21/h2-13H,1H3,(H2,24,30)(H,25,26,27). The van der Waals surface area contributed by atoms with Gasteiger partial charge in [0.05, 0.1) is 17.6 Å². The third-order valence-electron chi connectivity index (χ3n) is 5.22. The van der Waals surface area contributed by atoms with Crippen LogP contribution in [0.15, 0.2) is 73.4 Å². The molecule has 0 aliphatic carbocycles. The Morgan fingerprint density at radius 1 is 1.03 bits per heavy atom. The van der Waals surface area contributed by atoms with Gasteiger partial charge in [-0.15, -0.1) is 0 Å². The van der Waals surface area contributed by atoms with Crippen LogP contribution in [0.4, 0.5) is 0 Å². The number of nitrogens with zero attached hydrogens (tertiary/aromatic N) is 4. The molecule has 146 valence electrons. The summed E-state index contributed by atoms with van der Waals surface area (Å²) in [5.74, 6) is -0.458. The summed E-state index contributed by atoms with van der Waals surface area (Å²) in [4.78, 5) is 23.8. The van der Waals surface area contributed by atoms with Gasteiger partial charge in [0.2, 0.25) is 5.91 Å². The number of nitrogens with two attached hydrogens (primary N) is 1. The van der Waals surface area contributed by atoms with Gasteiger partial charge in [0, 0.05) is 28.9 Å². The molecule has 2 aromatic carbocycles.